The first-order chi connectivity index (χ1) is 12.4. The molecule has 0 unspecified atom stereocenters. The van der Waals surface area contributed by atoms with Crippen molar-refractivity contribution in [2.45, 2.75) is 20.0 Å². The zero-order valence-corrected chi connectivity index (χ0v) is 14.9. The maximum atomic E-state index is 12.8. The molecule has 0 radical (unpaired) electrons. The van der Waals surface area contributed by atoms with E-state index in [1.807, 2.05) is 0 Å². The number of aromatic nitrogens is 3. The van der Waals surface area contributed by atoms with Gasteiger partial charge in [-0.15, -0.1) is 0 Å². The Morgan fingerprint density at radius 1 is 1.31 bits per heavy atom. The molecule has 1 heterocycles. The number of carbonyl (C=O) groups excluding carboxylic acids is 1. The molecule has 26 heavy (non-hydrogen) atoms. The van der Waals surface area contributed by atoms with Gasteiger partial charge in [0.25, 0.3) is 5.95 Å². The van der Waals surface area contributed by atoms with Gasteiger partial charge in [0.05, 0.1) is 19.6 Å². The van der Waals surface area contributed by atoms with Crippen LogP contribution in [0.25, 0.3) is 0 Å². The van der Waals surface area contributed by atoms with Crippen molar-refractivity contribution in [3.8, 4) is 0 Å². The van der Waals surface area contributed by atoms with Crippen LogP contribution in [0, 0.1) is 5.92 Å². The second-order valence-electron chi connectivity index (χ2n) is 5.44. The highest BCUT2D eigenvalue weighted by atomic mass is 35.5. The summed E-state index contributed by atoms with van der Waals surface area (Å²) in [6.45, 7) is 1.41. The van der Waals surface area contributed by atoms with Crippen molar-refractivity contribution < 1.29 is 9.53 Å². The maximum absolute atomic E-state index is 12.8. The van der Waals surface area contributed by atoms with Gasteiger partial charge in [0.2, 0.25) is 0 Å². The zero-order valence-electron chi connectivity index (χ0n) is 14.1. The molecule has 0 amide bonds. The lowest BCUT2D eigenvalue weighted by molar-refractivity contribution is -0.145. The monoisotopic (exact) mass is 380 g/mol. The topological polar surface area (TPSA) is 134 Å². The molecular formula is C15H17ClN6O4. The average Bonchev–Trinajstić information content (AvgIpc) is 2.62. The summed E-state index contributed by atoms with van der Waals surface area (Å²) in [4.78, 5) is 40.2. The third kappa shape index (κ3) is 4.33. The molecule has 10 nitrogen and oxygen atoms in total. The Morgan fingerprint density at radius 2 is 1.96 bits per heavy atom. The predicted octanol–water partition coefficient (Wildman–Crippen LogP) is 0.873. The molecular weight excluding hydrogens is 364 g/mol. The van der Waals surface area contributed by atoms with Crippen LogP contribution in [0.5, 0.6) is 0 Å². The van der Waals surface area contributed by atoms with Crippen LogP contribution < -0.4 is 17.2 Å². The van der Waals surface area contributed by atoms with E-state index in [0.29, 0.717) is 5.02 Å². The zero-order chi connectivity index (χ0) is 19.3. The van der Waals surface area contributed by atoms with E-state index in [4.69, 9.17) is 17.4 Å². The Kier molecular flexibility index (Phi) is 6.23. The molecule has 2 rings (SSSR count). The molecule has 0 aliphatic heterocycles. The number of halogens is 1. The van der Waals surface area contributed by atoms with Gasteiger partial charge >= 0.3 is 17.3 Å². The summed E-state index contributed by atoms with van der Waals surface area (Å²) in [6, 6.07) is 6.75. The van der Waals surface area contributed by atoms with E-state index in [2.05, 4.69) is 20.1 Å². The van der Waals surface area contributed by atoms with Gasteiger partial charge in [0.15, 0.2) is 0 Å². The molecule has 1 atom stereocenters. The predicted molar refractivity (Wildman–Crippen MR) is 93.2 cm³/mol. The lowest BCUT2D eigenvalue weighted by Gasteiger charge is -2.14. The lowest BCUT2D eigenvalue weighted by Crippen LogP contribution is -2.43. The van der Waals surface area contributed by atoms with Gasteiger partial charge in [-0.25, -0.2) is 14.2 Å². The van der Waals surface area contributed by atoms with Crippen molar-refractivity contribution in [1.29, 1.82) is 0 Å². The van der Waals surface area contributed by atoms with E-state index in [0.717, 1.165) is 14.7 Å². The molecule has 2 N–H and O–H groups in total. The minimum atomic E-state index is -0.861. The van der Waals surface area contributed by atoms with Crippen LogP contribution in [0.1, 0.15) is 12.5 Å². The fourth-order valence-electron chi connectivity index (χ4n) is 2.26. The lowest BCUT2D eigenvalue weighted by atomic mass is 10.2. The number of carbonyl (C=O) groups is 1. The van der Waals surface area contributed by atoms with Gasteiger partial charge in [-0.05, 0) is 17.7 Å². The highest BCUT2D eigenvalue weighted by molar-refractivity contribution is 6.30. The van der Waals surface area contributed by atoms with Crippen LogP contribution in [-0.2, 0) is 22.6 Å². The first kappa shape index (κ1) is 19.3. The van der Waals surface area contributed by atoms with E-state index in [-0.39, 0.29) is 19.0 Å². The summed E-state index contributed by atoms with van der Waals surface area (Å²) < 4.78 is 6.59. The summed E-state index contributed by atoms with van der Waals surface area (Å²) in [5, 5.41) is 7.17. The maximum Gasteiger partial charge on any atom is 0.355 e. The minimum Gasteiger partial charge on any atom is -0.469 e. The van der Waals surface area contributed by atoms with Gasteiger partial charge in [0, 0.05) is 11.6 Å². The van der Waals surface area contributed by atoms with Gasteiger partial charge in [-0.3, -0.25) is 9.36 Å². The Balaban J connectivity index is 2.52. The highest BCUT2D eigenvalue weighted by Crippen LogP contribution is 2.12. The number of nitrogens with two attached hydrogens (primary N) is 1. The van der Waals surface area contributed by atoms with Gasteiger partial charge in [-0.2, -0.15) is 4.98 Å². The fraction of sp³-hybridized carbons (Fsp3) is 0.333. The summed E-state index contributed by atoms with van der Waals surface area (Å²) in [5.41, 5.74) is -0.836. The molecule has 0 aliphatic rings. The summed E-state index contributed by atoms with van der Waals surface area (Å²) in [5.74, 6) is 3.54. The molecule has 0 spiro atoms. The van der Waals surface area contributed by atoms with Crippen molar-refractivity contribution in [2.75, 3.05) is 7.11 Å². The smallest absolute Gasteiger partial charge is 0.355 e. The van der Waals surface area contributed by atoms with E-state index < -0.39 is 23.3 Å². The molecule has 0 saturated carbocycles. The van der Waals surface area contributed by atoms with Crippen LogP contribution in [0.15, 0.2) is 44.2 Å². The molecule has 0 fully saturated rings. The Hall–Kier alpha value is -3.01. The minimum absolute atomic E-state index is 0.0598. The average molecular weight is 381 g/mol. The van der Waals surface area contributed by atoms with Crippen molar-refractivity contribution in [2.24, 2.45) is 22.1 Å². The Labute approximate surface area is 152 Å². The summed E-state index contributed by atoms with van der Waals surface area (Å²) >= 11 is 5.85. The van der Waals surface area contributed by atoms with E-state index in [1.54, 1.807) is 24.3 Å². The Bertz CT molecular complexity index is 935. The van der Waals surface area contributed by atoms with Gasteiger partial charge in [-0.1, -0.05) is 41.0 Å². The molecule has 138 valence electrons. The third-order valence-corrected chi connectivity index (χ3v) is 3.84. The largest absolute Gasteiger partial charge is 0.469 e. The summed E-state index contributed by atoms with van der Waals surface area (Å²) in [7, 11) is 1.23. The van der Waals surface area contributed by atoms with Crippen LogP contribution in [-0.4, -0.2) is 27.2 Å². The Morgan fingerprint density at radius 3 is 2.54 bits per heavy atom. The highest BCUT2D eigenvalue weighted by Gasteiger charge is 2.19. The summed E-state index contributed by atoms with van der Waals surface area (Å²) in [6.07, 6.45) is 0. The number of benzene rings is 1. The molecule has 1 aromatic heterocycles. The second kappa shape index (κ2) is 8.39. The molecule has 0 bridgehead atoms. The van der Waals surface area contributed by atoms with Gasteiger partial charge in [0.1, 0.15) is 0 Å². The molecule has 2 aromatic rings. The number of ether oxygens (including phenoxy) is 1. The fourth-order valence-corrected chi connectivity index (χ4v) is 2.39. The second-order valence-corrected chi connectivity index (χ2v) is 5.88. The number of methoxy groups -OCH3 is 1. The number of hydrogen-bond donors (Lipinski definition) is 1. The van der Waals surface area contributed by atoms with Crippen molar-refractivity contribution >= 4 is 23.5 Å². The van der Waals surface area contributed by atoms with Crippen LogP contribution in [0.4, 0.5) is 5.95 Å². The van der Waals surface area contributed by atoms with Crippen LogP contribution >= 0.6 is 11.6 Å². The molecule has 11 heteroatoms. The van der Waals surface area contributed by atoms with E-state index >= 15 is 0 Å². The van der Waals surface area contributed by atoms with Crippen molar-refractivity contribution in [3.63, 3.8) is 0 Å². The first-order valence-corrected chi connectivity index (χ1v) is 7.90. The third-order valence-electron chi connectivity index (χ3n) is 3.59. The van der Waals surface area contributed by atoms with Crippen LogP contribution in [0.2, 0.25) is 5.02 Å². The number of nitrogens with zero attached hydrogens (tertiary/aromatic N) is 5. The number of esters is 1. The van der Waals surface area contributed by atoms with Crippen LogP contribution in [0.3, 0.4) is 0 Å². The normalized spacial score (nSPS) is 12.3. The van der Waals surface area contributed by atoms with E-state index in [9.17, 15) is 14.4 Å². The SMILES string of the molecule is COC(=O)[C@@H](C)Cn1c(=O)nc(N=NN)n(Cc2ccc(Cl)cc2)c1=O. The number of hydrogen-bond acceptors (Lipinski definition) is 7. The molecule has 0 aliphatic carbocycles. The van der Waals surface area contributed by atoms with E-state index in [1.165, 1.54) is 14.0 Å². The van der Waals surface area contributed by atoms with Crippen molar-refractivity contribution in [3.05, 3.63) is 55.8 Å². The van der Waals surface area contributed by atoms with Crippen molar-refractivity contribution in [1.82, 2.24) is 14.1 Å². The molecule has 1 aromatic carbocycles. The van der Waals surface area contributed by atoms with Gasteiger partial charge < -0.3 is 10.6 Å². The quantitative estimate of drug-likeness (QED) is 0.342. The molecule has 0 saturated heterocycles. The number of rotatable bonds is 6. The first-order valence-electron chi connectivity index (χ1n) is 7.52. The standard InChI is InChI=1S/C15H17ClN6O4/c1-9(12(23)26-2)7-22-14(24)18-13(19-20-17)21(15(22)25)8-10-3-5-11(16)6-4-10/h3-6,9H,7-8H2,1-2H3,(H2,17,18,19,24)/t9-/m0/s1.